The Bertz CT molecular complexity index is 1030. The zero-order valence-electron chi connectivity index (χ0n) is 15.2. The molecule has 1 aromatic carbocycles. The van der Waals surface area contributed by atoms with Gasteiger partial charge in [0.15, 0.2) is 17.3 Å². The monoisotopic (exact) mass is 381 g/mol. The highest BCUT2D eigenvalue weighted by Gasteiger charge is 2.33. The van der Waals surface area contributed by atoms with E-state index in [1.54, 1.807) is 48.3 Å². The van der Waals surface area contributed by atoms with Gasteiger partial charge in [-0.05, 0) is 31.2 Å². The van der Waals surface area contributed by atoms with Gasteiger partial charge >= 0.3 is 0 Å². The van der Waals surface area contributed by atoms with E-state index in [9.17, 15) is 9.59 Å². The van der Waals surface area contributed by atoms with Crippen LogP contribution in [-0.2, 0) is 11.3 Å². The van der Waals surface area contributed by atoms with Crippen molar-refractivity contribution in [3.05, 3.63) is 65.2 Å². The van der Waals surface area contributed by atoms with Crippen LogP contribution < -0.4 is 20.3 Å². The lowest BCUT2D eigenvalue weighted by molar-refractivity contribution is -0.133. The minimum Gasteiger partial charge on any atom is -0.482 e. The van der Waals surface area contributed by atoms with Crippen molar-refractivity contribution in [2.45, 2.75) is 25.7 Å². The number of rotatable bonds is 5. The van der Waals surface area contributed by atoms with Gasteiger partial charge in [0.1, 0.15) is 6.10 Å². The van der Waals surface area contributed by atoms with Crippen molar-refractivity contribution in [2.24, 2.45) is 0 Å². The van der Waals surface area contributed by atoms with Gasteiger partial charge in [0.05, 0.1) is 6.54 Å². The lowest BCUT2D eigenvalue weighted by Gasteiger charge is -2.31. The number of para-hydroxylation sites is 2. The fraction of sp³-hybridized carbons (Fsp3) is 0.263. The van der Waals surface area contributed by atoms with Crippen molar-refractivity contribution in [3.63, 3.8) is 0 Å². The van der Waals surface area contributed by atoms with E-state index in [1.165, 1.54) is 10.7 Å². The molecule has 3 heterocycles. The first kappa shape index (κ1) is 17.8. The highest BCUT2D eigenvalue weighted by atomic mass is 16.6. The molecule has 9 nitrogen and oxygen atoms in total. The molecule has 1 aliphatic rings. The molecule has 3 aromatic rings. The lowest BCUT2D eigenvalue weighted by Crippen LogP contribution is -2.49. The first-order valence-corrected chi connectivity index (χ1v) is 8.90. The Morgan fingerprint density at radius 2 is 1.93 bits per heavy atom. The lowest BCUT2D eigenvalue weighted by atomic mass is 10.1. The molecule has 0 aliphatic carbocycles. The maximum Gasteiger partial charge on any atom is 0.266 e. The van der Waals surface area contributed by atoms with Gasteiger partial charge in [-0.3, -0.25) is 9.59 Å². The molecule has 2 atom stereocenters. The molecule has 1 aliphatic heterocycles. The molecule has 0 fully saturated rings. The van der Waals surface area contributed by atoms with Gasteiger partial charge in [-0.25, -0.2) is 9.36 Å². The molecule has 28 heavy (non-hydrogen) atoms. The Hall–Kier alpha value is -3.62. The van der Waals surface area contributed by atoms with Crippen molar-refractivity contribution < 1.29 is 14.3 Å². The maximum atomic E-state index is 12.5. The van der Waals surface area contributed by atoms with Crippen LogP contribution in [0.25, 0.3) is 5.82 Å². The van der Waals surface area contributed by atoms with Gasteiger partial charge in [0.25, 0.3) is 11.5 Å². The zero-order chi connectivity index (χ0) is 19.5. The predicted octanol–water partition coefficient (Wildman–Crippen LogP) is 0.774. The highest BCUT2D eigenvalue weighted by Crippen LogP contribution is 2.33. The Kier molecular flexibility index (Phi) is 4.79. The van der Waals surface area contributed by atoms with E-state index < -0.39 is 12.2 Å². The van der Waals surface area contributed by atoms with Crippen LogP contribution in [0.2, 0.25) is 0 Å². The van der Waals surface area contributed by atoms with Crippen LogP contribution >= 0.6 is 0 Å². The molecule has 0 saturated carbocycles. The summed E-state index contributed by atoms with van der Waals surface area (Å²) in [6.07, 6.45) is 2.16. The number of hydrogen-bond donors (Lipinski definition) is 1. The second-order valence-electron chi connectivity index (χ2n) is 6.30. The highest BCUT2D eigenvalue weighted by molar-refractivity contribution is 5.82. The predicted molar refractivity (Wildman–Crippen MR) is 99.6 cm³/mol. The smallest absolute Gasteiger partial charge is 0.266 e. The standard InChI is InChI=1S/C19H19N5O4/c1-13-18(28-15-6-3-2-5-14(15)27-13)19(26)20-10-12-24-17(25)8-7-16(22-24)23-11-4-9-21-23/h2-9,11,13,18H,10,12H2,1H3,(H,20,26)/t13-,18-/m1/s1. The molecule has 2 aromatic heterocycles. The topological polar surface area (TPSA) is 100 Å². The quantitative estimate of drug-likeness (QED) is 0.701. The van der Waals surface area contributed by atoms with E-state index in [-0.39, 0.29) is 24.6 Å². The summed E-state index contributed by atoms with van der Waals surface area (Å²) in [7, 11) is 0. The van der Waals surface area contributed by atoms with Crippen molar-refractivity contribution in [3.8, 4) is 17.3 Å². The van der Waals surface area contributed by atoms with E-state index >= 15 is 0 Å². The number of aromatic nitrogens is 4. The number of ether oxygens (including phenoxy) is 2. The van der Waals surface area contributed by atoms with E-state index in [0.29, 0.717) is 17.3 Å². The van der Waals surface area contributed by atoms with E-state index in [1.807, 2.05) is 12.1 Å². The second kappa shape index (κ2) is 7.55. The van der Waals surface area contributed by atoms with Crippen LogP contribution in [0.15, 0.2) is 59.7 Å². The molecule has 0 saturated heterocycles. The van der Waals surface area contributed by atoms with Crippen LogP contribution in [0.1, 0.15) is 6.92 Å². The number of fused-ring (bicyclic) bond motifs is 1. The molecular formula is C19H19N5O4. The third kappa shape index (κ3) is 3.59. The summed E-state index contributed by atoms with van der Waals surface area (Å²) in [6.45, 7) is 2.22. The minimum absolute atomic E-state index is 0.220. The molecule has 0 radical (unpaired) electrons. The third-order valence-corrected chi connectivity index (χ3v) is 4.32. The number of nitrogens with zero attached hydrogens (tertiary/aromatic N) is 4. The van der Waals surface area contributed by atoms with Gasteiger partial charge < -0.3 is 14.8 Å². The molecule has 0 spiro atoms. The van der Waals surface area contributed by atoms with Crippen LogP contribution in [0.4, 0.5) is 0 Å². The largest absolute Gasteiger partial charge is 0.482 e. The fourth-order valence-corrected chi connectivity index (χ4v) is 2.92. The van der Waals surface area contributed by atoms with Crippen molar-refractivity contribution in [2.75, 3.05) is 6.54 Å². The van der Waals surface area contributed by atoms with E-state index in [2.05, 4.69) is 15.5 Å². The summed E-state index contributed by atoms with van der Waals surface area (Å²) in [6, 6.07) is 12.0. The molecule has 0 bridgehead atoms. The average molecular weight is 381 g/mol. The average Bonchev–Trinajstić information content (AvgIpc) is 3.23. The first-order valence-electron chi connectivity index (χ1n) is 8.90. The molecule has 4 rings (SSSR count). The van der Waals surface area contributed by atoms with Crippen LogP contribution in [0, 0.1) is 0 Å². The van der Waals surface area contributed by atoms with E-state index in [0.717, 1.165) is 0 Å². The van der Waals surface area contributed by atoms with Crippen molar-refractivity contribution in [1.29, 1.82) is 0 Å². The molecule has 144 valence electrons. The van der Waals surface area contributed by atoms with Crippen LogP contribution in [0.3, 0.4) is 0 Å². The second-order valence-corrected chi connectivity index (χ2v) is 6.30. The Morgan fingerprint density at radius 1 is 1.14 bits per heavy atom. The molecule has 9 heteroatoms. The number of nitrogens with one attached hydrogen (secondary N) is 1. The van der Waals surface area contributed by atoms with Gasteiger partial charge in [0.2, 0.25) is 6.10 Å². The number of amides is 1. The summed E-state index contributed by atoms with van der Waals surface area (Å²) in [4.78, 5) is 24.5. The van der Waals surface area contributed by atoms with Gasteiger partial charge in [-0.15, -0.1) is 5.10 Å². The summed E-state index contributed by atoms with van der Waals surface area (Å²) < 4.78 is 14.4. The maximum absolute atomic E-state index is 12.5. The molecular weight excluding hydrogens is 362 g/mol. The number of carbonyl (C=O) groups is 1. The zero-order valence-corrected chi connectivity index (χ0v) is 15.2. The van der Waals surface area contributed by atoms with Gasteiger partial charge in [-0.1, -0.05) is 12.1 Å². The third-order valence-electron chi connectivity index (χ3n) is 4.32. The van der Waals surface area contributed by atoms with Crippen LogP contribution in [-0.4, -0.2) is 44.2 Å². The Morgan fingerprint density at radius 3 is 2.68 bits per heavy atom. The van der Waals surface area contributed by atoms with Gasteiger partial charge in [-0.2, -0.15) is 5.10 Å². The van der Waals surface area contributed by atoms with Crippen molar-refractivity contribution >= 4 is 5.91 Å². The Balaban J connectivity index is 1.38. The van der Waals surface area contributed by atoms with E-state index in [4.69, 9.17) is 9.47 Å². The van der Waals surface area contributed by atoms with Crippen molar-refractivity contribution in [1.82, 2.24) is 24.9 Å². The molecule has 1 amide bonds. The molecule has 0 unspecified atom stereocenters. The minimum atomic E-state index is -0.769. The number of hydrogen-bond acceptors (Lipinski definition) is 6. The SMILES string of the molecule is C[C@H]1Oc2ccccc2O[C@H]1C(=O)NCCn1nc(-n2cccn2)ccc1=O. The normalized spacial score (nSPS) is 17.9. The summed E-state index contributed by atoms with van der Waals surface area (Å²) in [5, 5.41) is 11.1. The van der Waals surface area contributed by atoms with Gasteiger partial charge in [0, 0.05) is 25.0 Å². The summed E-state index contributed by atoms with van der Waals surface area (Å²) in [5.74, 6) is 1.36. The fourth-order valence-electron chi connectivity index (χ4n) is 2.92. The summed E-state index contributed by atoms with van der Waals surface area (Å²) in [5.41, 5.74) is -0.260. The number of carbonyl (C=O) groups excluding carboxylic acids is 1. The first-order chi connectivity index (χ1) is 13.6. The molecule has 1 N–H and O–H groups in total. The summed E-state index contributed by atoms with van der Waals surface area (Å²) >= 11 is 0. The van der Waals surface area contributed by atoms with Crippen LogP contribution in [0.5, 0.6) is 11.5 Å². The number of benzene rings is 1. The Labute approximate surface area is 160 Å².